The molecule has 4 amide bonds. The predicted octanol–water partition coefficient (Wildman–Crippen LogP) is 4.97. The summed E-state index contributed by atoms with van der Waals surface area (Å²) in [6.07, 6.45) is 0. The summed E-state index contributed by atoms with van der Waals surface area (Å²) in [5.41, 5.74) is 1.82. The molecule has 1 heterocycles. The van der Waals surface area contributed by atoms with Crippen LogP contribution in [0.5, 0.6) is 0 Å². The lowest BCUT2D eigenvalue weighted by Gasteiger charge is -2.16. The summed E-state index contributed by atoms with van der Waals surface area (Å²) in [6.45, 7) is 1.70. The summed E-state index contributed by atoms with van der Waals surface area (Å²) < 4.78 is 14.3. The predicted molar refractivity (Wildman–Crippen MR) is 120 cm³/mol. The van der Waals surface area contributed by atoms with Crippen molar-refractivity contribution in [3.63, 3.8) is 0 Å². The number of amides is 4. The molecule has 1 unspecified atom stereocenters. The van der Waals surface area contributed by atoms with Crippen LogP contribution < -0.4 is 9.62 Å². The van der Waals surface area contributed by atoms with Gasteiger partial charge in [0.05, 0.1) is 27.4 Å². The van der Waals surface area contributed by atoms with Gasteiger partial charge >= 0.3 is 6.03 Å². The number of nitrogens with zero attached hydrogens (tertiary/aromatic N) is 3. The minimum atomic E-state index is -1.75. The molecule has 0 saturated heterocycles. The van der Waals surface area contributed by atoms with E-state index in [-0.39, 0.29) is 11.1 Å². The Balaban J connectivity index is 1.49. The van der Waals surface area contributed by atoms with E-state index in [0.29, 0.717) is 26.9 Å². The van der Waals surface area contributed by atoms with Crippen LogP contribution in [-0.2, 0) is 11.0 Å². The van der Waals surface area contributed by atoms with Crippen LogP contribution in [0.25, 0.3) is 0 Å². The zero-order chi connectivity index (χ0) is 22.8. The molecule has 0 aromatic heterocycles. The largest absolute Gasteiger partial charge is 0.371 e. The van der Waals surface area contributed by atoms with Gasteiger partial charge < -0.3 is 0 Å². The fourth-order valence-corrected chi connectivity index (χ4v) is 4.08. The molecular formula is C22H15ClN4O4S. The van der Waals surface area contributed by atoms with Crippen molar-refractivity contribution in [2.75, 3.05) is 4.90 Å². The molecule has 1 N–H and O–H groups in total. The minimum absolute atomic E-state index is 0.244. The second-order valence-corrected chi connectivity index (χ2v) is 8.44. The van der Waals surface area contributed by atoms with Crippen LogP contribution in [-0.4, -0.2) is 22.1 Å². The van der Waals surface area contributed by atoms with Crippen molar-refractivity contribution in [1.82, 2.24) is 4.72 Å². The van der Waals surface area contributed by atoms with Gasteiger partial charge in [0.2, 0.25) is 0 Å². The van der Waals surface area contributed by atoms with Crippen molar-refractivity contribution < 1.29 is 18.6 Å². The van der Waals surface area contributed by atoms with E-state index in [9.17, 15) is 18.6 Å². The molecular weight excluding hydrogens is 452 g/mol. The highest BCUT2D eigenvalue weighted by atomic mass is 35.5. The maximum atomic E-state index is 12.8. The maximum absolute atomic E-state index is 12.8. The van der Waals surface area contributed by atoms with Crippen molar-refractivity contribution in [2.45, 2.75) is 11.8 Å². The average molecular weight is 467 g/mol. The van der Waals surface area contributed by atoms with E-state index in [4.69, 9.17) is 11.6 Å². The van der Waals surface area contributed by atoms with Crippen LogP contribution in [0, 0.1) is 6.92 Å². The molecule has 0 fully saturated rings. The summed E-state index contributed by atoms with van der Waals surface area (Å²) in [6, 6.07) is 16.7. The van der Waals surface area contributed by atoms with Gasteiger partial charge in [-0.25, -0.2) is 18.6 Å². The second-order valence-electron chi connectivity index (χ2n) is 6.80. The van der Waals surface area contributed by atoms with Crippen LogP contribution in [0.1, 0.15) is 26.3 Å². The van der Waals surface area contributed by atoms with Crippen LogP contribution in [0.4, 0.5) is 16.2 Å². The maximum Gasteiger partial charge on any atom is 0.371 e. The Bertz CT molecular complexity index is 1310. The molecule has 3 aromatic rings. The van der Waals surface area contributed by atoms with Crippen LogP contribution in [0.2, 0.25) is 5.02 Å². The molecule has 32 heavy (non-hydrogen) atoms. The molecule has 4 rings (SSSR count). The van der Waals surface area contributed by atoms with Gasteiger partial charge in [-0.2, -0.15) is 0 Å². The Morgan fingerprint density at radius 3 is 2.41 bits per heavy atom. The second kappa shape index (κ2) is 8.81. The van der Waals surface area contributed by atoms with Crippen LogP contribution >= 0.6 is 11.6 Å². The third-order valence-corrected chi connectivity index (χ3v) is 5.96. The smallest absolute Gasteiger partial charge is 0.268 e. The molecule has 0 aliphatic carbocycles. The first-order valence-electron chi connectivity index (χ1n) is 9.33. The SMILES string of the molecule is Cc1cc(N=NC(=O)NS(=O)c2ccccc2)ccc1N1C(=O)c2ccc(Cl)cc2C1=O. The van der Waals surface area contributed by atoms with Crippen molar-refractivity contribution in [3.05, 3.63) is 88.4 Å². The number of azo groups is 1. The Kier molecular flexibility index (Phi) is 5.93. The monoisotopic (exact) mass is 466 g/mol. The molecule has 3 aromatic carbocycles. The van der Waals surface area contributed by atoms with Gasteiger partial charge in [0.15, 0.2) is 11.0 Å². The fraction of sp³-hybridized carbons (Fsp3) is 0.0455. The fourth-order valence-electron chi connectivity index (χ4n) is 3.19. The number of carbonyl (C=O) groups excluding carboxylic acids is 3. The molecule has 1 atom stereocenters. The van der Waals surface area contributed by atoms with Gasteiger partial charge in [0.1, 0.15) is 0 Å². The van der Waals surface area contributed by atoms with E-state index in [0.717, 1.165) is 4.90 Å². The third kappa shape index (κ3) is 4.20. The number of nitrogens with one attached hydrogen (secondary N) is 1. The van der Waals surface area contributed by atoms with E-state index in [1.54, 1.807) is 55.5 Å². The number of hydrogen-bond acceptors (Lipinski definition) is 5. The number of aryl methyl sites for hydroxylation is 1. The number of urea groups is 1. The Hall–Kier alpha value is -3.69. The number of rotatable bonds is 4. The lowest BCUT2D eigenvalue weighted by molar-refractivity contribution is 0.0926. The van der Waals surface area contributed by atoms with E-state index < -0.39 is 28.8 Å². The summed E-state index contributed by atoms with van der Waals surface area (Å²) >= 11 is 5.95. The molecule has 1 aliphatic rings. The zero-order valence-electron chi connectivity index (χ0n) is 16.6. The standard InChI is InChI=1S/C22H15ClN4O4S/c1-13-11-15(24-25-22(30)26-32(31)16-5-3-2-4-6-16)8-10-19(13)27-20(28)17-9-7-14(23)12-18(17)21(27)29/h2-12H,1H3,(H,26,30). The molecule has 0 spiro atoms. The zero-order valence-corrected chi connectivity index (χ0v) is 18.2. The first-order chi connectivity index (χ1) is 15.3. The third-order valence-electron chi connectivity index (χ3n) is 4.66. The molecule has 8 nitrogen and oxygen atoms in total. The van der Waals surface area contributed by atoms with E-state index in [1.165, 1.54) is 18.2 Å². The lowest BCUT2D eigenvalue weighted by Crippen LogP contribution is -2.29. The van der Waals surface area contributed by atoms with Crippen molar-refractivity contribution >= 4 is 51.8 Å². The summed E-state index contributed by atoms with van der Waals surface area (Å²) in [4.78, 5) is 38.9. The molecule has 1 aliphatic heterocycles. The minimum Gasteiger partial charge on any atom is -0.268 e. The quantitative estimate of drug-likeness (QED) is 0.432. The van der Waals surface area contributed by atoms with Gasteiger partial charge in [0.25, 0.3) is 11.8 Å². The average Bonchev–Trinajstić information content (AvgIpc) is 3.02. The highest BCUT2D eigenvalue weighted by Crippen LogP contribution is 2.33. The molecule has 160 valence electrons. The summed E-state index contributed by atoms with van der Waals surface area (Å²) in [5.74, 6) is -0.908. The van der Waals surface area contributed by atoms with Gasteiger partial charge in [0, 0.05) is 5.02 Å². The Labute approximate surface area is 190 Å². The number of carbonyl (C=O) groups is 3. The van der Waals surface area contributed by atoms with Crippen molar-refractivity contribution in [2.24, 2.45) is 10.2 Å². The summed E-state index contributed by atoms with van der Waals surface area (Å²) in [5, 5.41) is 7.73. The van der Waals surface area contributed by atoms with E-state index in [1.807, 2.05) is 0 Å². The number of hydrogen-bond donors (Lipinski definition) is 1. The summed E-state index contributed by atoms with van der Waals surface area (Å²) in [7, 11) is -1.75. The van der Waals surface area contributed by atoms with Gasteiger partial charge in [-0.3, -0.25) is 9.59 Å². The highest BCUT2D eigenvalue weighted by molar-refractivity contribution is 7.83. The molecule has 0 bridgehead atoms. The Morgan fingerprint density at radius 2 is 1.69 bits per heavy atom. The van der Waals surface area contributed by atoms with Crippen molar-refractivity contribution in [1.29, 1.82) is 0 Å². The van der Waals surface area contributed by atoms with Gasteiger partial charge in [-0.15, -0.1) is 5.11 Å². The Morgan fingerprint density at radius 1 is 0.969 bits per heavy atom. The van der Waals surface area contributed by atoms with Gasteiger partial charge in [-0.05, 0) is 61.0 Å². The first-order valence-corrected chi connectivity index (χ1v) is 10.9. The molecule has 0 saturated carbocycles. The molecule has 10 heteroatoms. The number of halogens is 1. The highest BCUT2D eigenvalue weighted by Gasteiger charge is 2.37. The van der Waals surface area contributed by atoms with Gasteiger partial charge in [-0.1, -0.05) is 34.9 Å². The van der Waals surface area contributed by atoms with Crippen LogP contribution in [0.3, 0.4) is 0 Å². The van der Waals surface area contributed by atoms with E-state index >= 15 is 0 Å². The first kappa shape index (κ1) is 21.5. The number of imide groups is 1. The topological polar surface area (TPSA) is 108 Å². The van der Waals surface area contributed by atoms with Crippen LogP contribution in [0.15, 0.2) is 81.9 Å². The van der Waals surface area contributed by atoms with E-state index in [2.05, 4.69) is 15.0 Å². The van der Waals surface area contributed by atoms with Crippen molar-refractivity contribution in [3.8, 4) is 0 Å². The number of fused-ring (bicyclic) bond motifs is 1. The lowest BCUT2D eigenvalue weighted by atomic mass is 10.1. The number of anilines is 1. The molecule has 0 radical (unpaired) electrons. The number of benzene rings is 3. The normalized spacial score (nSPS) is 14.0.